The van der Waals surface area contributed by atoms with E-state index in [1.54, 1.807) is 6.92 Å². The Kier molecular flexibility index (Phi) is 3.42. The van der Waals surface area contributed by atoms with Crippen molar-refractivity contribution in [2.75, 3.05) is 14.1 Å². The molecule has 1 aromatic carbocycles. The van der Waals surface area contributed by atoms with Crippen molar-refractivity contribution in [1.29, 1.82) is 0 Å². The fourth-order valence-electron chi connectivity index (χ4n) is 1.75. The summed E-state index contributed by atoms with van der Waals surface area (Å²) >= 11 is 0. The lowest BCUT2D eigenvalue weighted by Gasteiger charge is -2.23. The molecule has 1 unspecified atom stereocenters. The summed E-state index contributed by atoms with van der Waals surface area (Å²) in [6.45, 7) is 3.67. The minimum Gasteiger partial charge on any atom is -0.298 e. The van der Waals surface area contributed by atoms with Gasteiger partial charge < -0.3 is 0 Å². The number of carbonyl (C=O) groups is 1. The fourth-order valence-corrected chi connectivity index (χ4v) is 1.75. The molecule has 0 aliphatic carbocycles. The van der Waals surface area contributed by atoms with Crippen LogP contribution in [-0.2, 0) is 4.79 Å². The summed E-state index contributed by atoms with van der Waals surface area (Å²) in [6.07, 6.45) is 0. The second kappa shape index (κ2) is 4.38. The fraction of sp³-hybridized carbons (Fsp3) is 0.417. The van der Waals surface area contributed by atoms with Crippen LogP contribution in [0.2, 0.25) is 0 Å². The zero-order valence-electron chi connectivity index (χ0n) is 9.24. The van der Waals surface area contributed by atoms with E-state index >= 15 is 0 Å². The van der Waals surface area contributed by atoms with E-state index in [0.29, 0.717) is 0 Å². The minimum absolute atomic E-state index is 0.115. The Labute approximate surface area is 85.5 Å². The Morgan fingerprint density at radius 2 is 1.86 bits per heavy atom. The second-order valence-corrected chi connectivity index (χ2v) is 3.83. The van der Waals surface area contributed by atoms with Crippen LogP contribution in [0.5, 0.6) is 0 Å². The molecule has 0 heterocycles. The van der Waals surface area contributed by atoms with Crippen molar-refractivity contribution < 1.29 is 4.79 Å². The molecular weight excluding hydrogens is 174 g/mol. The summed E-state index contributed by atoms with van der Waals surface area (Å²) in [6, 6.07) is 7.90. The number of rotatable bonds is 3. The molecule has 2 heteroatoms. The molecule has 1 atom stereocenters. The van der Waals surface area contributed by atoms with Gasteiger partial charge in [0, 0.05) is 0 Å². The van der Waals surface area contributed by atoms with E-state index in [4.69, 9.17) is 0 Å². The molecule has 1 aromatic rings. The van der Waals surface area contributed by atoms with E-state index in [1.807, 2.05) is 50.2 Å². The van der Waals surface area contributed by atoms with Crippen LogP contribution in [0.15, 0.2) is 24.3 Å². The van der Waals surface area contributed by atoms with Gasteiger partial charge in [-0.15, -0.1) is 0 Å². The van der Waals surface area contributed by atoms with Crippen LogP contribution in [0.4, 0.5) is 0 Å². The van der Waals surface area contributed by atoms with E-state index in [2.05, 4.69) is 0 Å². The highest BCUT2D eigenvalue weighted by molar-refractivity contribution is 5.83. The van der Waals surface area contributed by atoms with Crippen LogP contribution in [0.3, 0.4) is 0 Å². The zero-order valence-corrected chi connectivity index (χ0v) is 9.24. The first-order chi connectivity index (χ1) is 6.54. The molecule has 0 bridgehead atoms. The van der Waals surface area contributed by atoms with Gasteiger partial charge in [-0.3, -0.25) is 9.69 Å². The summed E-state index contributed by atoms with van der Waals surface area (Å²) in [5, 5.41) is 0. The van der Waals surface area contributed by atoms with Gasteiger partial charge in [-0.2, -0.15) is 0 Å². The Hall–Kier alpha value is -1.15. The topological polar surface area (TPSA) is 20.3 Å². The highest BCUT2D eigenvalue weighted by Crippen LogP contribution is 2.22. The number of benzene rings is 1. The molecule has 76 valence electrons. The summed E-state index contributed by atoms with van der Waals surface area (Å²) in [5.74, 6) is 0.185. The quantitative estimate of drug-likeness (QED) is 0.730. The van der Waals surface area contributed by atoms with Crippen molar-refractivity contribution in [2.24, 2.45) is 0 Å². The molecule has 0 radical (unpaired) electrons. The SMILES string of the molecule is CC(=O)C(c1ccccc1C)N(C)C. The van der Waals surface area contributed by atoms with Crippen molar-refractivity contribution in [3.63, 3.8) is 0 Å². The molecule has 14 heavy (non-hydrogen) atoms. The maximum atomic E-state index is 11.5. The van der Waals surface area contributed by atoms with Crippen LogP contribution >= 0.6 is 0 Å². The Morgan fingerprint density at radius 1 is 1.29 bits per heavy atom. The second-order valence-electron chi connectivity index (χ2n) is 3.83. The maximum absolute atomic E-state index is 11.5. The monoisotopic (exact) mass is 191 g/mol. The van der Waals surface area contributed by atoms with Gasteiger partial charge in [0.05, 0.1) is 6.04 Å². The molecule has 0 aromatic heterocycles. The first-order valence-electron chi connectivity index (χ1n) is 4.76. The van der Waals surface area contributed by atoms with Crippen molar-refractivity contribution in [2.45, 2.75) is 19.9 Å². The molecule has 0 aliphatic heterocycles. The third-order valence-corrected chi connectivity index (χ3v) is 2.38. The smallest absolute Gasteiger partial charge is 0.151 e. The van der Waals surface area contributed by atoms with Crippen molar-refractivity contribution in [3.05, 3.63) is 35.4 Å². The van der Waals surface area contributed by atoms with Crippen LogP contribution in [-0.4, -0.2) is 24.8 Å². The van der Waals surface area contributed by atoms with Gasteiger partial charge in [-0.25, -0.2) is 0 Å². The third-order valence-electron chi connectivity index (χ3n) is 2.38. The molecule has 0 N–H and O–H groups in total. The molecule has 1 rings (SSSR count). The molecule has 0 saturated heterocycles. The zero-order chi connectivity index (χ0) is 10.7. The first-order valence-corrected chi connectivity index (χ1v) is 4.76. The molecule has 0 spiro atoms. The Bertz CT molecular complexity index is 331. The van der Waals surface area contributed by atoms with Crippen molar-refractivity contribution in [1.82, 2.24) is 4.90 Å². The number of aryl methyl sites for hydroxylation is 1. The molecule has 0 fully saturated rings. The number of hydrogen-bond donors (Lipinski definition) is 0. The lowest BCUT2D eigenvalue weighted by molar-refractivity contribution is -0.121. The van der Waals surface area contributed by atoms with E-state index in [9.17, 15) is 4.79 Å². The lowest BCUT2D eigenvalue weighted by Crippen LogP contribution is -2.26. The average molecular weight is 191 g/mol. The van der Waals surface area contributed by atoms with Gasteiger partial charge in [0.2, 0.25) is 0 Å². The lowest BCUT2D eigenvalue weighted by atomic mass is 9.98. The van der Waals surface area contributed by atoms with E-state index in [1.165, 1.54) is 5.56 Å². The van der Waals surface area contributed by atoms with Crippen LogP contribution in [0.1, 0.15) is 24.1 Å². The van der Waals surface area contributed by atoms with Gasteiger partial charge in [0.25, 0.3) is 0 Å². The van der Waals surface area contributed by atoms with Gasteiger partial charge >= 0.3 is 0 Å². The minimum atomic E-state index is -0.115. The summed E-state index contributed by atoms with van der Waals surface area (Å²) in [5.41, 5.74) is 2.27. The third kappa shape index (κ3) is 2.20. The number of hydrogen-bond acceptors (Lipinski definition) is 2. The van der Waals surface area contributed by atoms with Gasteiger partial charge in [-0.1, -0.05) is 24.3 Å². The number of carbonyl (C=O) groups excluding carboxylic acids is 1. The first kappa shape index (κ1) is 10.9. The normalized spacial score (nSPS) is 12.9. The number of likely N-dealkylation sites (N-methyl/N-ethyl adjacent to an activating group) is 1. The van der Waals surface area contributed by atoms with E-state index < -0.39 is 0 Å². The number of ketones is 1. The van der Waals surface area contributed by atoms with Crippen LogP contribution in [0.25, 0.3) is 0 Å². The highest BCUT2D eigenvalue weighted by atomic mass is 16.1. The summed E-state index contributed by atoms with van der Waals surface area (Å²) in [7, 11) is 3.86. The van der Waals surface area contributed by atoms with Crippen LogP contribution < -0.4 is 0 Å². The molecule has 0 amide bonds. The van der Waals surface area contributed by atoms with Gasteiger partial charge in [-0.05, 0) is 39.1 Å². The predicted molar refractivity (Wildman–Crippen MR) is 58.3 cm³/mol. The summed E-state index contributed by atoms with van der Waals surface area (Å²) in [4.78, 5) is 13.4. The highest BCUT2D eigenvalue weighted by Gasteiger charge is 2.19. The Morgan fingerprint density at radius 3 is 2.29 bits per heavy atom. The standard InChI is InChI=1S/C12H17NO/c1-9-7-5-6-8-11(9)12(10(2)14)13(3)4/h5-8,12H,1-4H3. The Balaban J connectivity index is 3.12. The maximum Gasteiger partial charge on any atom is 0.151 e. The van der Waals surface area contributed by atoms with Gasteiger partial charge in [0.15, 0.2) is 5.78 Å². The average Bonchev–Trinajstić information content (AvgIpc) is 2.07. The van der Waals surface area contributed by atoms with Crippen LogP contribution in [0, 0.1) is 6.92 Å². The molecular formula is C12H17NO. The largest absolute Gasteiger partial charge is 0.298 e. The van der Waals surface area contributed by atoms with E-state index in [-0.39, 0.29) is 11.8 Å². The van der Waals surface area contributed by atoms with Crippen molar-refractivity contribution >= 4 is 5.78 Å². The number of nitrogens with zero attached hydrogens (tertiary/aromatic N) is 1. The molecule has 0 aliphatic rings. The molecule has 2 nitrogen and oxygen atoms in total. The number of Topliss-reactive ketones (excluding diaryl/α,β-unsaturated/α-hetero) is 1. The van der Waals surface area contributed by atoms with E-state index in [0.717, 1.165) is 5.56 Å². The van der Waals surface area contributed by atoms with Crippen molar-refractivity contribution in [3.8, 4) is 0 Å². The van der Waals surface area contributed by atoms with Gasteiger partial charge in [0.1, 0.15) is 0 Å². The molecule has 0 saturated carbocycles. The predicted octanol–water partition coefficient (Wildman–Crippen LogP) is 2.19. The summed E-state index contributed by atoms with van der Waals surface area (Å²) < 4.78 is 0.